The van der Waals surface area contributed by atoms with Crippen molar-refractivity contribution < 1.29 is 9.47 Å². The van der Waals surface area contributed by atoms with Crippen LogP contribution in [0.15, 0.2) is 48.5 Å². The average Bonchev–Trinajstić information content (AvgIpc) is 2.68. The molecule has 0 bridgehead atoms. The van der Waals surface area contributed by atoms with E-state index in [-0.39, 0.29) is 6.04 Å². The summed E-state index contributed by atoms with van der Waals surface area (Å²) >= 11 is 0. The highest BCUT2D eigenvalue weighted by Crippen LogP contribution is 2.43. The molecule has 2 aromatic rings. The van der Waals surface area contributed by atoms with Crippen LogP contribution in [0.2, 0.25) is 0 Å². The van der Waals surface area contributed by atoms with E-state index in [0.717, 1.165) is 24.1 Å². The molecule has 0 heterocycles. The molecule has 0 spiro atoms. The molecule has 0 aromatic heterocycles. The van der Waals surface area contributed by atoms with E-state index in [0.29, 0.717) is 0 Å². The van der Waals surface area contributed by atoms with E-state index in [4.69, 9.17) is 9.47 Å². The number of likely N-dealkylation sites (N-methyl/N-ethyl adjacent to an activating group) is 1. The first kappa shape index (κ1) is 15.2. The van der Waals surface area contributed by atoms with Crippen LogP contribution < -0.4 is 5.32 Å². The van der Waals surface area contributed by atoms with Crippen LogP contribution in [0.1, 0.15) is 35.2 Å². The van der Waals surface area contributed by atoms with Crippen LogP contribution in [0, 0.1) is 0 Å². The maximum atomic E-state index is 5.94. The minimum absolute atomic E-state index is 0.259. The highest BCUT2D eigenvalue weighted by molar-refractivity contribution is 5.47. The number of methoxy groups -OCH3 is 2. The van der Waals surface area contributed by atoms with Gasteiger partial charge in [0, 0.05) is 31.4 Å². The Balaban J connectivity index is 2.29. The van der Waals surface area contributed by atoms with E-state index in [1.54, 1.807) is 14.2 Å². The molecule has 3 nitrogen and oxygen atoms in total. The van der Waals surface area contributed by atoms with Gasteiger partial charge in [-0.05, 0) is 24.1 Å². The van der Waals surface area contributed by atoms with Gasteiger partial charge in [0.15, 0.2) is 0 Å². The summed E-state index contributed by atoms with van der Waals surface area (Å²) in [4.78, 5) is 0. The molecule has 1 unspecified atom stereocenters. The smallest absolute Gasteiger partial charge is 0.222 e. The predicted octanol–water partition coefficient (Wildman–Crippen LogP) is 3.39. The number of fused-ring (bicyclic) bond motifs is 2. The standard InChI is InChI=1S/C19H23NO2/c1-4-20-18-13-14-9-5-7-11-16(14)19(21-2,22-3)17-12-8-6-10-15(17)18/h5-12,18,20H,4,13H2,1-3H3. The van der Waals surface area contributed by atoms with Crippen LogP contribution in [-0.4, -0.2) is 20.8 Å². The van der Waals surface area contributed by atoms with Crippen LogP contribution in [0.25, 0.3) is 0 Å². The molecule has 1 aliphatic carbocycles. The van der Waals surface area contributed by atoms with Crippen molar-refractivity contribution in [2.24, 2.45) is 0 Å². The number of rotatable bonds is 4. The first-order valence-corrected chi connectivity index (χ1v) is 7.78. The topological polar surface area (TPSA) is 30.5 Å². The maximum Gasteiger partial charge on any atom is 0.222 e. The average molecular weight is 297 g/mol. The second-order valence-corrected chi connectivity index (χ2v) is 5.58. The second kappa shape index (κ2) is 6.21. The molecule has 0 amide bonds. The Hall–Kier alpha value is -1.68. The van der Waals surface area contributed by atoms with Crippen LogP contribution in [-0.2, 0) is 21.7 Å². The fraction of sp³-hybridized carbons (Fsp3) is 0.368. The van der Waals surface area contributed by atoms with Gasteiger partial charge in [0.25, 0.3) is 0 Å². The summed E-state index contributed by atoms with van der Waals surface area (Å²) in [5.41, 5.74) is 4.67. The van der Waals surface area contributed by atoms with Gasteiger partial charge >= 0.3 is 0 Å². The summed E-state index contributed by atoms with van der Waals surface area (Å²) in [6.07, 6.45) is 0.926. The molecule has 22 heavy (non-hydrogen) atoms. The second-order valence-electron chi connectivity index (χ2n) is 5.58. The quantitative estimate of drug-likeness (QED) is 0.878. The molecule has 1 N–H and O–H groups in total. The van der Waals surface area contributed by atoms with Crippen molar-refractivity contribution in [1.29, 1.82) is 0 Å². The van der Waals surface area contributed by atoms with Crippen molar-refractivity contribution in [2.75, 3.05) is 20.8 Å². The number of nitrogens with one attached hydrogen (secondary N) is 1. The van der Waals surface area contributed by atoms with Gasteiger partial charge in [-0.15, -0.1) is 0 Å². The third-order valence-electron chi connectivity index (χ3n) is 4.51. The first-order chi connectivity index (χ1) is 10.8. The van der Waals surface area contributed by atoms with Crippen molar-refractivity contribution >= 4 is 0 Å². The van der Waals surface area contributed by atoms with Crippen molar-refractivity contribution in [1.82, 2.24) is 5.32 Å². The van der Waals surface area contributed by atoms with E-state index in [9.17, 15) is 0 Å². The van der Waals surface area contributed by atoms with Crippen LogP contribution in [0.5, 0.6) is 0 Å². The van der Waals surface area contributed by atoms with Gasteiger partial charge in [-0.3, -0.25) is 0 Å². The van der Waals surface area contributed by atoms with Gasteiger partial charge < -0.3 is 14.8 Å². The number of hydrogen-bond donors (Lipinski definition) is 1. The molecule has 1 aliphatic rings. The molecule has 0 saturated carbocycles. The molecular formula is C19H23NO2. The highest BCUT2D eigenvalue weighted by Gasteiger charge is 2.41. The molecule has 0 fully saturated rings. The minimum atomic E-state index is -0.850. The molecule has 3 rings (SSSR count). The number of benzene rings is 2. The summed E-state index contributed by atoms with van der Waals surface area (Å²) < 4.78 is 11.9. The van der Waals surface area contributed by atoms with E-state index < -0.39 is 5.79 Å². The zero-order valence-corrected chi connectivity index (χ0v) is 13.4. The van der Waals surface area contributed by atoms with Gasteiger partial charge in [-0.25, -0.2) is 0 Å². The molecule has 116 valence electrons. The lowest BCUT2D eigenvalue weighted by molar-refractivity contribution is -0.184. The van der Waals surface area contributed by atoms with Gasteiger partial charge in [0.05, 0.1) is 0 Å². The maximum absolute atomic E-state index is 5.94. The SMILES string of the molecule is CCNC1Cc2ccccc2C(OC)(OC)c2ccccc21. The van der Waals surface area contributed by atoms with Gasteiger partial charge in [0.2, 0.25) is 5.79 Å². The Labute approximate surface area is 132 Å². The van der Waals surface area contributed by atoms with E-state index >= 15 is 0 Å². The van der Waals surface area contributed by atoms with Crippen molar-refractivity contribution in [3.8, 4) is 0 Å². The summed E-state index contributed by atoms with van der Waals surface area (Å²) in [6.45, 7) is 3.06. The fourth-order valence-corrected chi connectivity index (χ4v) is 3.55. The van der Waals surface area contributed by atoms with E-state index in [2.05, 4.69) is 48.6 Å². The van der Waals surface area contributed by atoms with Crippen LogP contribution >= 0.6 is 0 Å². The minimum Gasteiger partial charge on any atom is -0.346 e. The molecule has 3 heteroatoms. The van der Waals surface area contributed by atoms with Gasteiger partial charge in [-0.2, -0.15) is 0 Å². The Bertz CT molecular complexity index is 649. The summed E-state index contributed by atoms with van der Waals surface area (Å²) in [7, 11) is 3.43. The fourth-order valence-electron chi connectivity index (χ4n) is 3.55. The normalized spacial score (nSPS) is 19.1. The molecule has 1 atom stereocenters. The highest BCUT2D eigenvalue weighted by atomic mass is 16.7. The Morgan fingerprint density at radius 1 is 1.00 bits per heavy atom. The van der Waals surface area contributed by atoms with Gasteiger partial charge in [0.1, 0.15) is 0 Å². The van der Waals surface area contributed by atoms with Crippen molar-refractivity contribution in [2.45, 2.75) is 25.2 Å². The summed E-state index contributed by atoms with van der Waals surface area (Å²) in [5, 5.41) is 3.60. The molecule has 2 aromatic carbocycles. The van der Waals surface area contributed by atoms with Crippen LogP contribution in [0.4, 0.5) is 0 Å². The third kappa shape index (κ3) is 2.26. The summed E-state index contributed by atoms with van der Waals surface area (Å²) in [5.74, 6) is -0.850. The third-order valence-corrected chi connectivity index (χ3v) is 4.51. The van der Waals surface area contributed by atoms with Gasteiger partial charge in [-0.1, -0.05) is 55.5 Å². The Morgan fingerprint density at radius 2 is 1.64 bits per heavy atom. The molecule has 0 saturated heterocycles. The first-order valence-electron chi connectivity index (χ1n) is 7.78. The van der Waals surface area contributed by atoms with Crippen molar-refractivity contribution in [3.63, 3.8) is 0 Å². The largest absolute Gasteiger partial charge is 0.346 e. The lowest BCUT2D eigenvalue weighted by Gasteiger charge is -2.33. The Morgan fingerprint density at radius 3 is 2.32 bits per heavy atom. The van der Waals surface area contributed by atoms with E-state index in [1.165, 1.54) is 11.1 Å². The lowest BCUT2D eigenvalue weighted by Crippen LogP contribution is -2.33. The number of hydrogen-bond acceptors (Lipinski definition) is 3. The Kier molecular flexibility index (Phi) is 4.30. The molecule has 0 radical (unpaired) electrons. The summed E-state index contributed by atoms with van der Waals surface area (Å²) in [6, 6.07) is 17.0. The molecular weight excluding hydrogens is 274 g/mol. The predicted molar refractivity (Wildman–Crippen MR) is 87.8 cm³/mol. The number of ether oxygens (including phenoxy) is 2. The zero-order valence-electron chi connectivity index (χ0n) is 13.4. The monoisotopic (exact) mass is 297 g/mol. The van der Waals surface area contributed by atoms with E-state index in [1.807, 2.05) is 12.1 Å². The van der Waals surface area contributed by atoms with Crippen molar-refractivity contribution in [3.05, 3.63) is 70.8 Å². The zero-order chi connectivity index (χ0) is 15.6. The lowest BCUT2D eigenvalue weighted by atomic mass is 9.92. The van der Waals surface area contributed by atoms with Crippen LogP contribution in [0.3, 0.4) is 0 Å². The molecule has 0 aliphatic heterocycles.